The number of nitrogens with zero attached hydrogens (tertiary/aromatic N) is 1. The van der Waals surface area contributed by atoms with Crippen LogP contribution in [0, 0.1) is 20.8 Å². The molecule has 0 radical (unpaired) electrons. The lowest BCUT2D eigenvalue weighted by molar-refractivity contribution is 0.0121. The van der Waals surface area contributed by atoms with Crippen molar-refractivity contribution in [3.63, 3.8) is 0 Å². The lowest BCUT2D eigenvalue weighted by Crippen LogP contribution is -2.58. The van der Waals surface area contributed by atoms with Crippen molar-refractivity contribution >= 4 is 0 Å². The van der Waals surface area contributed by atoms with Crippen molar-refractivity contribution in [1.82, 2.24) is 15.3 Å². The summed E-state index contributed by atoms with van der Waals surface area (Å²) in [5, 5.41) is 4.00. The zero-order valence-electron chi connectivity index (χ0n) is 24.5. The van der Waals surface area contributed by atoms with E-state index in [1.54, 1.807) is 0 Å². The summed E-state index contributed by atoms with van der Waals surface area (Å²) in [5.41, 5.74) is 6.69. The number of nitrogens with one attached hydrogen (secondary N) is 2. The summed E-state index contributed by atoms with van der Waals surface area (Å²) in [6, 6.07) is 33.1. The molecule has 210 valence electrons. The van der Waals surface area contributed by atoms with Gasteiger partial charge in [0.1, 0.15) is 17.1 Å². The SMILES string of the molecule is CCCN[C@@]12c3nc(-c4ccccc4)[nH]c(=O)c3[C@@H](c3ccccc3)[C@]1(c1ccc(C)cc1)Oc1cc(C)cc(C)c12. The fourth-order valence-electron chi connectivity index (χ4n) is 7.37. The van der Waals surface area contributed by atoms with Crippen LogP contribution < -0.4 is 15.6 Å². The smallest absolute Gasteiger partial charge is 0.255 e. The average Bonchev–Trinajstić information content (AvgIpc) is 3.42. The number of aromatic amines is 1. The van der Waals surface area contributed by atoms with Crippen molar-refractivity contribution < 1.29 is 4.74 Å². The summed E-state index contributed by atoms with van der Waals surface area (Å²) in [6.07, 6.45) is 0.909. The number of benzene rings is 4. The molecule has 1 aliphatic carbocycles. The Kier molecular flexibility index (Phi) is 6.17. The van der Waals surface area contributed by atoms with Crippen molar-refractivity contribution in [1.29, 1.82) is 0 Å². The van der Waals surface area contributed by atoms with E-state index in [1.807, 2.05) is 48.5 Å². The molecule has 0 bridgehead atoms. The van der Waals surface area contributed by atoms with Gasteiger partial charge in [-0.2, -0.15) is 0 Å². The van der Waals surface area contributed by atoms with Gasteiger partial charge in [0.15, 0.2) is 5.60 Å². The third kappa shape index (κ3) is 3.59. The second-order valence-corrected chi connectivity index (χ2v) is 11.7. The van der Waals surface area contributed by atoms with Crippen LogP contribution in [0.5, 0.6) is 5.75 Å². The Balaban J connectivity index is 1.68. The third-order valence-electron chi connectivity index (χ3n) is 8.95. The van der Waals surface area contributed by atoms with E-state index in [0.717, 1.165) is 57.8 Å². The van der Waals surface area contributed by atoms with Gasteiger partial charge in [-0.15, -0.1) is 0 Å². The van der Waals surface area contributed by atoms with E-state index in [1.165, 1.54) is 5.56 Å². The van der Waals surface area contributed by atoms with Gasteiger partial charge < -0.3 is 9.72 Å². The second kappa shape index (κ2) is 9.81. The summed E-state index contributed by atoms with van der Waals surface area (Å²) >= 11 is 0. The summed E-state index contributed by atoms with van der Waals surface area (Å²) < 4.78 is 7.40. The van der Waals surface area contributed by atoms with Crippen LogP contribution in [0.15, 0.2) is 102 Å². The first-order valence-electron chi connectivity index (χ1n) is 14.8. The van der Waals surface area contributed by atoms with Crippen LogP contribution in [-0.2, 0) is 11.1 Å². The Morgan fingerprint density at radius 3 is 2.26 bits per heavy atom. The number of fused-ring (bicyclic) bond motifs is 5. The predicted molar refractivity (Wildman–Crippen MR) is 167 cm³/mol. The molecule has 7 rings (SSSR count). The van der Waals surface area contributed by atoms with Crippen molar-refractivity contribution in [3.8, 4) is 17.1 Å². The van der Waals surface area contributed by atoms with Gasteiger partial charge in [0.05, 0.1) is 17.2 Å². The molecule has 0 amide bonds. The van der Waals surface area contributed by atoms with Gasteiger partial charge in [-0.1, -0.05) is 103 Å². The Morgan fingerprint density at radius 2 is 1.57 bits per heavy atom. The van der Waals surface area contributed by atoms with E-state index >= 15 is 0 Å². The molecule has 42 heavy (non-hydrogen) atoms. The van der Waals surface area contributed by atoms with Crippen LogP contribution in [0.3, 0.4) is 0 Å². The Morgan fingerprint density at radius 1 is 0.881 bits per heavy atom. The summed E-state index contributed by atoms with van der Waals surface area (Å²) in [7, 11) is 0. The first kappa shape index (κ1) is 26.4. The maximum Gasteiger partial charge on any atom is 0.255 e. The maximum absolute atomic E-state index is 14.4. The molecular weight excluding hydrogens is 518 g/mol. The largest absolute Gasteiger partial charge is 0.478 e. The number of hydrogen-bond donors (Lipinski definition) is 2. The van der Waals surface area contributed by atoms with Crippen LogP contribution in [0.25, 0.3) is 11.4 Å². The highest BCUT2D eigenvalue weighted by molar-refractivity contribution is 5.69. The van der Waals surface area contributed by atoms with Gasteiger partial charge >= 0.3 is 0 Å². The molecule has 2 N–H and O–H groups in total. The molecule has 0 saturated carbocycles. The van der Waals surface area contributed by atoms with Gasteiger partial charge in [0.2, 0.25) is 0 Å². The molecule has 1 aliphatic heterocycles. The topological polar surface area (TPSA) is 67.0 Å². The fourth-order valence-corrected chi connectivity index (χ4v) is 7.37. The Hall–Kier alpha value is -4.48. The number of rotatable bonds is 6. The first-order chi connectivity index (χ1) is 20.4. The lowest BCUT2D eigenvalue weighted by atomic mass is 9.67. The number of aromatic nitrogens is 2. The van der Waals surface area contributed by atoms with E-state index < -0.39 is 17.1 Å². The summed E-state index contributed by atoms with van der Waals surface area (Å²) in [6.45, 7) is 9.24. The minimum atomic E-state index is -1.00. The zero-order valence-corrected chi connectivity index (χ0v) is 24.5. The zero-order chi connectivity index (χ0) is 29.1. The van der Waals surface area contributed by atoms with E-state index in [2.05, 4.69) is 86.5 Å². The normalized spacial score (nSPS) is 21.9. The molecule has 5 nitrogen and oxygen atoms in total. The van der Waals surface area contributed by atoms with Crippen molar-refractivity contribution in [2.24, 2.45) is 0 Å². The van der Waals surface area contributed by atoms with Gasteiger partial charge in [0, 0.05) is 11.1 Å². The van der Waals surface area contributed by atoms with Crippen LogP contribution in [-0.4, -0.2) is 16.5 Å². The first-order valence-corrected chi connectivity index (χ1v) is 14.8. The maximum atomic E-state index is 14.4. The van der Waals surface area contributed by atoms with Crippen molar-refractivity contribution in [2.45, 2.75) is 51.2 Å². The highest BCUT2D eigenvalue weighted by atomic mass is 16.5. The van der Waals surface area contributed by atoms with Crippen LogP contribution >= 0.6 is 0 Å². The average molecular weight is 554 g/mol. The predicted octanol–water partition coefficient (Wildman–Crippen LogP) is 7.04. The molecule has 2 heterocycles. The molecular formula is C37H35N3O2. The van der Waals surface area contributed by atoms with Crippen LogP contribution in [0.2, 0.25) is 0 Å². The van der Waals surface area contributed by atoms with E-state index in [9.17, 15) is 4.79 Å². The number of H-pyrrole nitrogens is 1. The molecule has 4 aromatic carbocycles. The van der Waals surface area contributed by atoms with Gasteiger partial charge in [-0.3, -0.25) is 10.1 Å². The molecule has 0 unspecified atom stereocenters. The van der Waals surface area contributed by atoms with Gasteiger partial charge in [0.25, 0.3) is 5.56 Å². The molecule has 3 atom stereocenters. The molecule has 1 aromatic heterocycles. The molecule has 0 saturated heterocycles. The van der Waals surface area contributed by atoms with Crippen molar-refractivity contribution in [2.75, 3.05) is 6.54 Å². The number of hydrogen-bond acceptors (Lipinski definition) is 4. The third-order valence-corrected chi connectivity index (χ3v) is 8.95. The summed E-state index contributed by atoms with van der Waals surface area (Å²) in [4.78, 5) is 23.0. The quantitative estimate of drug-likeness (QED) is 0.237. The minimum Gasteiger partial charge on any atom is -0.478 e. The standard InChI is InChI=1S/C37H35N3O2/c1-5-20-38-36-31-25(4)21-24(3)22-29(31)42-37(36,28-18-16-23(2)17-19-28)32(26-12-8-6-9-13-26)30-33(36)39-34(40-35(30)41)27-14-10-7-11-15-27/h6-19,21-22,32,38H,5,20H2,1-4H3,(H,39,40,41)/t32-,36+,37+/m1/s1. The van der Waals surface area contributed by atoms with E-state index in [4.69, 9.17) is 9.72 Å². The van der Waals surface area contributed by atoms with Crippen LogP contribution in [0.1, 0.15) is 63.9 Å². The molecule has 0 spiro atoms. The van der Waals surface area contributed by atoms with Crippen molar-refractivity contribution in [3.05, 3.63) is 152 Å². The van der Waals surface area contributed by atoms with Gasteiger partial charge in [-0.25, -0.2) is 4.98 Å². The molecule has 5 aromatic rings. The number of ether oxygens (including phenoxy) is 1. The fraction of sp³-hybridized carbons (Fsp3) is 0.243. The second-order valence-electron chi connectivity index (χ2n) is 11.7. The monoisotopic (exact) mass is 553 g/mol. The van der Waals surface area contributed by atoms with E-state index in [-0.39, 0.29) is 5.56 Å². The number of aryl methyl sites for hydroxylation is 3. The molecule has 2 aliphatic rings. The Bertz CT molecular complexity index is 1850. The van der Waals surface area contributed by atoms with Crippen LogP contribution in [0.4, 0.5) is 0 Å². The van der Waals surface area contributed by atoms with E-state index in [0.29, 0.717) is 11.4 Å². The minimum absolute atomic E-state index is 0.138. The summed E-state index contributed by atoms with van der Waals surface area (Å²) in [5.74, 6) is 0.974. The molecule has 5 heteroatoms. The molecule has 0 fully saturated rings. The van der Waals surface area contributed by atoms with Gasteiger partial charge in [-0.05, 0) is 62.1 Å². The Labute approximate surface area is 246 Å². The lowest BCUT2D eigenvalue weighted by Gasteiger charge is -2.44. The highest BCUT2D eigenvalue weighted by Crippen LogP contribution is 2.68. The highest BCUT2D eigenvalue weighted by Gasteiger charge is 2.73.